The lowest BCUT2D eigenvalue weighted by Crippen LogP contribution is -2.36. The fourth-order valence-corrected chi connectivity index (χ4v) is 1.94. The number of ether oxygens (including phenoxy) is 1. The summed E-state index contributed by atoms with van der Waals surface area (Å²) >= 11 is 0. The molecule has 114 valence electrons. The molecule has 0 spiro atoms. The summed E-state index contributed by atoms with van der Waals surface area (Å²) in [6.07, 6.45) is 2.65. The average Bonchev–Trinajstić information content (AvgIpc) is 2.46. The van der Waals surface area contributed by atoms with Gasteiger partial charge in [-0.2, -0.15) is 0 Å². The number of benzene rings is 1. The first kappa shape index (κ1) is 17.0. The Hall–Kier alpha value is -2.10. The summed E-state index contributed by atoms with van der Waals surface area (Å²) in [6, 6.07) is 8.09. The van der Waals surface area contributed by atoms with E-state index in [-0.39, 0.29) is 18.4 Å². The van der Waals surface area contributed by atoms with Gasteiger partial charge in [0, 0.05) is 13.0 Å². The lowest BCUT2D eigenvalue weighted by molar-refractivity contribution is -0.148. The highest BCUT2D eigenvalue weighted by molar-refractivity contribution is 5.82. The van der Waals surface area contributed by atoms with Crippen molar-refractivity contribution in [2.45, 2.75) is 26.7 Å². The van der Waals surface area contributed by atoms with E-state index in [4.69, 9.17) is 4.74 Å². The minimum absolute atomic E-state index is 0.0212. The van der Waals surface area contributed by atoms with E-state index in [1.165, 1.54) is 10.5 Å². The lowest BCUT2D eigenvalue weighted by Gasteiger charge is -2.20. The van der Waals surface area contributed by atoms with Crippen LogP contribution in [0, 0.1) is 6.92 Å². The summed E-state index contributed by atoms with van der Waals surface area (Å²) in [5.74, 6) is -0.452. The van der Waals surface area contributed by atoms with Crippen molar-refractivity contribution in [2.75, 3.05) is 19.7 Å². The molecule has 0 bridgehead atoms. The van der Waals surface area contributed by atoms with Crippen molar-refractivity contribution in [1.29, 1.82) is 0 Å². The van der Waals surface area contributed by atoms with Crippen molar-refractivity contribution in [1.82, 2.24) is 4.90 Å². The van der Waals surface area contributed by atoms with Crippen LogP contribution in [0.5, 0.6) is 0 Å². The number of carbonyl (C=O) groups is 2. The standard InChI is InChI=1S/C17H23NO3/c1-4-12-18(13-17(20)21-5-2)16(19)11-10-15-8-6-14(3)7-9-15/h4,6-9H,1,5,10-13H2,2-3H3. The van der Waals surface area contributed by atoms with E-state index < -0.39 is 0 Å². The van der Waals surface area contributed by atoms with Crippen LogP contribution in [-0.4, -0.2) is 36.5 Å². The van der Waals surface area contributed by atoms with Crippen LogP contribution in [0.2, 0.25) is 0 Å². The largest absolute Gasteiger partial charge is 0.465 e. The zero-order valence-electron chi connectivity index (χ0n) is 12.8. The molecule has 0 unspecified atom stereocenters. The van der Waals surface area contributed by atoms with Gasteiger partial charge in [0.05, 0.1) is 6.61 Å². The second kappa shape index (κ2) is 8.95. The molecule has 4 nitrogen and oxygen atoms in total. The number of amides is 1. The molecule has 0 radical (unpaired) electrons. The van der Waals surface area contributed by atoms with Crippen LogP contribution >= 0.6 is 0 Å². The maximum Gasteiger partial charge on any atom is 0.325 e. The molecule has 0 saturated carbocycles. The highest BCUT2D eigenvalue weighted by Gasteiger charge is 2.16. The molecule has 0 saturated heterocycles. The Kier molecular flexibility index (Phi) is 7.23. The van der Waals surface area contributed by atoms with E-state index in [1.807, 2.05) is 31.2 Å². The molecule has 4 heteroatoms. The van der Waals surface area contributed by atoms with Crippen LogP contribution in [0.15, 0.2) is 36.9 Å². The number of esters is 1. The highest BCUT2D eigenvalue weighted by Crippen LogP contribution is 2.07. The Bertz CT molecular complexity index is 479. The molecule has 0 fully saturated rings. The predicted molar refractivity (Wildman–Crippen MR) is 82.9 cm³/mol. The van der Waals surface area contributed by atoms with Gasteiger partial charge in [0.1, 0.15) is 6.54 Å². The summed E-state index contributed by atoms with van der Waals surface area (Å²) in [4.78, 5) is 25.1. The number of nitrogens with zero attached hydrogens (tertiary/aromatic N) is 1. The second-order valence-electron chi connectivity index (χ2n) is 4.85. The molecule has 0 aromatic heterocycles. The first-order valence-corrected chi connectivity index (χ1v) is 7.16. The fourth-order valence-electron chi connectivity index (χ4n) is 1.94. The third-order valence-electron chi connectivity index (χ3n) is 3.08. The monoisotopic (exact) mass is 289 g/mol. The lowest BCUT2D eigenvalue weighted by atomic mass is 10.1. The summed E-state index contributed by atoms with van der Waals surface area (Å²) in [5, 5.41) is 0. The van der Waals surface area contributed by atoms with Crippen LogP contribution in [0.4, 0.5) is 0 Å². The van der Waals surface area contributed by atoms with Gasteiger partial charge < -0.3 is 9.64 Å². The van der Waals surface area contributed by atoms with Crippen LogP contribution in [0.3, 0.4) is 0 Å². The second-order valence-corrected chi connectivity index (χ2v) is 4.85. The highest BCUT2D eigenvalue weighted by atomic mass is 16.5. The number of aryl methyl sites for hydroxylation is 2. The first-order chi connectivity index (χ1) is 10.1. The van der Waals surface area contributed by atoms with Crippen molar-refractivity contribution in [3.63, 3.8) is 0 Å². The molecule has 0 aliphatic rings. The Morgan fingerprint density at radius 1 is 1.29 bits per heavy atom. The van der Waals surface area contributed by atoms with Crippen LogP contribution < -0.4 is 0 Å². The molecule has 1 rings (SSSR count). The first-order valence-electron chi connectivity index (χ1n) is 7.16. The van der Waals surface area contributed by atoms with Crippen LogP contribution in [0.25, 0.3) is 0 Å². The Labute approximate surface area is 126 Å². The third-order valence-corrected chi connectivity index (χ3v) is 3.08. The van der Waals surface area contributed by atoms with Gasteiger partial charge >= 0.3 is 5.97 Å². The molecule has 0 atom stereocenters. The third kappa shape index (κ3) is 6.25. The zero-order chi connectivity index (χ0) is 15.7. The van der Waals surface area contributed by atoms with Gasteiger partial charge in [0.15, 0.2) is 0 Å². The minimum atomic E-state index is -0.386. The molecule has 0 aliphatic carbocycles. The molecule has 1 aromatic rings. The fraction of sp³-hybridized carbons (Fsp3) is 0.412. The molecule has 0 heterocycles. The van der Waals surface area contributed by atoms with Gasteiger partial charge in [-0.3, -0.25) is 9.59 Å². The van der Waals surface area contributed by atoms with E-state index in [9.17, 15) is 9.59 Å². The molecule has 0 N–H and O–H groups in total. The van der Waals surface area contributed by atoms with E-state index in [0.717, 1.165) is 5.56 Å². The zero-order valence-corrected chi connectivity index (χ0v) is 12.8. The van der Waals surface area contributed by atoms with Gasteiger partial charge in [-0.15, -0.1) is 6.58 Å². The average molecular weight is 289 g/mol. The van der Waals surface area contributed by atoms with Crippen molar-refractivity contribution in [3.8, 4) is 0 Å². The topological polar surface area (TPSA) is 46.6 Å². The summed E-state index contributed by atoms with van der Waals surface area (Å²) in [6.45, 7) is 8.04. The van der Waals surface area contributed by atoms with Crippen molar-refractivity contribution in [2.24, 2.45) is 0 Å². The molecular formula is C17H23NO3. The Morgan fingerprint density at radius 2 is 1.95 bits per heavy atom. The van der Waals surface area contributed by atoms with Crippen molar-refractivity contribution < 1.29 is 14.3 Å². The predicted octanol–water partition coefficient (Wildman–Crippen LogP) is 2.51. The van der Waals surface area contributed by atoms with Crippen LogP contribution in [-0.2, 0) is 20.7 Å². The molecular weight excluding hydrogens is 266 g/mol. The number of carbonyl (C=O) groups excluding carboxylic acids is 2. The Balaban J connectivity index is 2.53. The number of rotatable bonds is 8. The molecule has 0 aliphatic heterocycles. The maximum absolute atomic E-state index is 12.2. The van der Waals surface area contributed by atoms with Gasteiger partial charge in [0.2, 0.25) is 5.91 Å². The van der Waals surface area contributed by atoms with Crippen molar-refractivity contribution >= 4 is 11.9 Å². The summed E-state index contributed by atoms with van der Waals surface area (Å²) < 4.78 is 4.88. The van der Waals surface area contributed by atoms with E-state index in [2.05, 4.69) is 6.58 Å². The van der Waals surface area contributed by atoms with E-state index in [1.54, 1.807) is 13.0 Å². The quantitative estimate of drug-likeness (QED) is 0.545. The van der Waals surface area contributed by atoms with Gasteiger partial charge in [-0.1, -0.05) is 35.9 Å². The smallest absolute Gasteiger partial charge is 0.325 e. The minimum Gasteiger partial charge on any atom is -0.465 e. The van der Waals surface area contributed by atoms with E-state index >= 15 is 0 Å². The molecule has 1 aromatic carbocycles. The maximum atomic E-state index is 12.2. The SMILES string of the molecule is C=CCN(CC(=O)OCC)C(=O)CCc1ccc(C)cc1. The van der Waals surface area contributed by atoms with Crippen LogP contribution in [0.1, 0.15) is 24.5 Å². The number of hydrogen-bond acceptors (Lipinski definition) is 3. The molecule has 21 heavy (non-hydrogen) atoms. The Morgan fingerprint density at radius 3 is 2.52 bits per heavy atom. The molecule has 1 amide bonds. The summed E-state index contributed by atoms with van der Waals surface area (Å²) in [5.41, 5.74) is 2.31. The van der Waals surface area contributed by atoms with E-state index in [0.29, 0.717) is 26.0 Å². The van der Waals surface area contributed by atoms with Gasteiger partial charge in [0.25, 0.3) is 0 Å². The summed E-state index contributed by atoms with van der Waals surface area (Å²) in [7, 11) is 0. The normalized spacial score (nSPS) is 10.0. The van der Waals surface area contributed by atoms with Gasteiger partial charge in [-0.05, 0) is 25.8 Å². The van der Waals surface area contributed by atoms with Crippen molar-refractivity contribution in [3.05, 3.63) is 48.0 Å². The van der Waals surface area contributed by atoms with Gasteiger partial charge in [-0.25, -0.2) is 0 Å². The number of hydrogen-bond donors (Lipinski definition) is 0.